The molecule has 5 heteroatoms. The van der Waals surface area contributed by atoms with Gasteiger partial charge in [-0.05, 0) is 31.7 Å². The quantitative estimate of drug-likeness (QED) is 0.807. The van der Waals surface area contributed by atoms with Gasteiger partial charge < -0.3 is 15.4 Å². The third kappa shape index (κ3) is 3.71. The van der Waals surface area contributed by atoms with Gasteiger partial charge >= 0.3 is 0 Å². The highest BCUT2D eigenvalue weighted by molar-refractivity contribution is 5.81. The van der Waals surface area contributed by atoms with E-state index in [-0.39, 0.29) is 29.7 Å². The highest BCUT2D eigenvalue weighted by Crippen LogP contribution is 2.30. The number of carbonyl (C=O) groups is 2. The Morgan fingerprint density at radius 3 is 2.29 bits per heavy atom. The predicted octanol–water partition coefficient (Wildman–Crippen LogP) is 2.57. The number of hydrogen-bond acceptors (Lipinski definition) is 3. The second kappa shape index (κ2) is 7.69. The van der Waals surface area contributed by atoms with Crippen molar-refractivity contribution in [2.75, 3.05) is 13.7 Å². The Morgan fingerprint density at radius 1 is 1.08 bits per heavy atom. The highest BCUT2D eigenvalue weighted by Gasteiger charge is 2.30. The summed E-state index contributed by atoms with van der Waals surface area (Å²) in [5.74, 6) is 1.17. The SMILES string of the molecule is COc1ccccc1C(CNC(=O)C1CCC1)NC(=O)C1CCC1. The van der Waals surface area contributed by atoms with Crippen LogP contribution in [0.1, 0.15) is 50.1 Å². The van der Waals surface area contributed by atoms with Crippen molar-refractivity contribution in [2.45, 2.75) is 44.6 Å². The number of nitrogens with one attached hydrogen (secondary N) is 2. The molecule has 0 saturated heterocycles. The van der Waals surface area contributed by atoms with Crippen molar-refractivity contribution in [1.29, 1.82) is 0 Å². The smallest absolute Gasteiger partial charge is 0.223 e. The van der Waals surface area contributed by atoms with Crippen molar-refractivity contribution in [3.8, 4) is 5.75 Å². The van der Waals surface area contributed by atoms with E-state index in [0.29, 0.717) is 6.54 Å². The Bertz CT molecular complexity index is 594. The van der Waals surface area contributed by atoms with E-state index in [0.717, 1.165) is 49.8 Å². The van der Waals surface area contributed by atoms with E-state index in [1.165, 1.54) is 0 Å². The van der Waals surface area contributed by atoms with Crippen LogP contribution in [0.5, 0.6) is 5.75 Å². The number of hydrogen-bond donors (Lipinski definition) is 2. The van der Waals surface area contributed by atoms with Gasteiger partial charge in [-0.1, -0.05) is 31.0 Å². The third-order valence-electron chi connectivity index (χ3n) is 5.26. The molecule has 0 heterocycles. The van der Waals surface area contributed by atoms with E-state index in [1.54, 1.807) is 7.11 Å². The summed E-state index contributed by atoms with van der Waals surface area (Å²) in [5, 5.41) is 6.11. The zero-order chi connectivity index (χ0) is 16.9. The monoisotopic (exact) mass is 330 g/mol. The van der Waals surface area contributed by atoms with Gasteiger partial charge in [0.15, 0.2) is 0 Å². The highest BCUT2D eigenvalue weighted by atomic mass is 16.5. The lowest BCUT2D eigenvalue weighted by atomic mass is 9.84. The van der Waals surface area contributed by atoms with Crippen LogP contribution >= 0.6 is 0 Å². The summed E-state index contributed by atoms with van der Waals surface area (Å²) in [6.07, 6.45) is 6.11. The topological polar surface area (TPSA) is 67.4 Å². The van der Waals surface area contributed by atoms with Crippen molar-refractivity contribution < 1.29 is 14.3 Å². The Morgan fingerprint density at radius 2 is 1.71 bits per heavy atom. The number of benzene rings is 1. The molecule has 2 fully saturated rings. The van der Waals surface area contributed by atoms with Crippen LogP contribution in [-0.2, 0) is 9.59 Å². The maximum Gasteiger partial charge on any atom is 0.223 e. The molecule has 0 aliphatic heterocycles. The molecule has 2 aliphatic carbocycles. The van der Waals surface area contributed by atoms with Crippen LogP contribution in [0.3, 0.4) is 0 Å². The minimum absolute atomic E-state index is 0.0787. The fourth-order valence-corrected chi connectivity index (χ4v) is 3.17. The van der Waals surface area contributed by atoms with Gasteiger partial charge in [-0.3, -0.25) is 9.59 Å². The summed E-state index contributed by atoms with van der Waals surface area (Å²) in [4.78, 5) is 24.5. The van der Waals surface area contributed by atoms with E-state index in [2.05, 4.69) is 10.6 Å². The molecule has 2 aliphatic rings. The summed E-state index contributed by atoms with van der Waals surface area (Å²) in [6.45, 7) is 0.397. The first-order chi connectivity index (χ1) is 11.7. The second-order valence-corrected chi connectivity index (χ2v) is 6.80. The van der Waals surface area contributed by atoms with Crippen molar-refractivity contribution in [1.82, 2.24) is 10.6 Å². The lowest BCUT2D eigenvalue weighted by molar-refractivity contribution is -0.130. The molecule has 1 aromatic carbocycles. The van der Waals surface area contributed by atoms with Crippen LogP contribution in [0.2, 0.25) is 0 Å². The molecule has 2 amide bonds. The fraction of sp³-hybridized carbons (Fsp3) is 0.579. The average Bonchev–Trinajstić information content (AvgIpc) is 2.48. The van der Waals surface area contributed by atoms with Gasteiger partial charge in [0.05, 0.1) is 13.2 Å². The molecule has 2 N–H and O–H groups in total. The molecule has 0 aromatic heterocycles. The van der Waals surface area contributed by atoms with Crippen LogP contribution < -0.4 is 15.4 Å². The number of methoxy groups -OCH3 is 1. The Labute approximate surface area is 143 Å². The maximum atomic E-state index is 12.4. The number of rotatable bonds is 7. The van der Waals surface area contributed by atoms with Gasteiger partial charge in [-0.25, -0.2) is 0 Å². The van der Waals surface area contributed by atoms with E-state index < -0.39 is 0 Å². The second-order valence-electron chi connectivity index (χ2n) is 6.80. The molecule has 2 saturated carbocycles. The molecular formula is C19H26N2O3. The number of carbonyl (C=O) groups excluding carboxylic acids is 2. The number of para-hydroxylation sites is 1. The maximum absolute atomic E-state index is 12.4. The first kappa shape index (κ1) is 16.8. The lowest BCUT2D eigenvalue weighted by Crippen LogP contribution is -2.43. The summed E-state index contributed by atoms with van der Waals surface area (Å²) in [5.41, 5.74) is 0.904. The largest absolute Gasteiger partial charge is 0.496 e. The lowest BCUT2D eigenvalue weighted by Gasteiger charge is -2.29. The van der Waals surface area contributed by atoms with Gasteiger partial charge in [0.25, 0.3) is 0 Å². The van der Waals surface area contributed by atoms with E-state index in [4.69, 9.17) is 4.74 Å². The van der Waals surface area contributed by atoms with Crippen molar-refractivity contribution >= 4 is 11.8 Å². The molecule has 1 aromatic rings. The molecule has 1 atom stereocenters. The summed E-state index contributed by atoms with van der Waals surface area (Å²) in [6, 6.07) is 7.39. The average molecular weight is 330 g/mol. The summed E-state index contributed by atoms with van der Waals surface area (Å²) in [7, 11) is 1.62. The minimum atomic E-state index is -0.265. The first-order valence-corrected chi connectivity index (χ1v) is 8.90. The van der Waals surface area contributed by atoms with Crippen LogP contribution in [0.25, 0.3) is 0 Å². The molecule has 1 unspecified atom stereocenters. The van der Waals surface area contributed by atoms with E-state index >= 15 is 0 Å². The number of amides is 2. The first-order valence-electron chi connectivity index (χ1n) is 8.90. The van der Waals surface area contributed by atoms with Crippen LogP contribution in [0, 0.1) is 11.8 Å². The van der Waals surface area contributed by atoms with E-state index in [9.17, 15) is 9.59 Å². The fourth-order valence-electron chi connectivity index (χ4n) is 3.17. The van der Waals surface area contributed by atoms with Gasteiger partial charge in [0, 0.05) is 23.9 Å². The van der Waals surface area contributed by atoms with Crippen LogP contribution in [-0.4, -0.2) is 25.5 Å². The van der Waals surface area contributed by atoms with E-state index in [1.807, 2.05) is 24.3 Å². The molecule has 0 radical (unpaired) electrons. The Hall–Kier alpha value is -2.04. The van der Waals surface area contributed by atoms with Gasteiger partial charge in [-0.2, -0.15) is 0 Å². The van der Waals surface area contributed by atoms with Gasteiger partial charge in [0.1, 0.15) is 5.75 Å². The molecule has 0 bridgehead atoms. The zero-order valence-electron chi connectivity index (χ0n) is 14.2. The number of ether oxygens (including phenoxy) is 1. The molecule has 130 valence electrons. The standard InChI is InChI=1S/C19H26N2O3/c1-24-17-11-3-2-10-15(17)16(21-19(23)14-8-5-9-14)12-20-18(22)13-6-4-7-13/h2-3,10-11,13-14,16H,4-9,12H2,1H3,(H,20,22)(H,21,23). The molecular weight excluding hydrogens is 304 g/mol. The minimum Gasteiger partial charge on any atom is -0.496 e. The summed E-state index contributed by atoms with van der Waals surface area (Å²) >= 11 is 0. The van der Waals surface area contributed by atoms with Crippen molar-refractivity contribution in [2.24, 2.45) is 11.8 Å². The molecule has 24 heavy (non-hydrogen) atoms. The van der Waals surface area contributed by atoms with Crippen LogP contribution in [0.15, 0.2) is 24.3 Å². The van der Waals surface area contributed by atoms with Crippen molar-refractivity contribution in [3.05, 3.63) is 29.8 Å². The Kier molecular flexibility index (Phi) is 5.38. The molecule has 3 rings (SSSR count). The summed E-state index contributed by atoms with van der Waals surface area (Å²) < 4.78 is 5.43. The third-order valence-corrected chi connectivity index (χ3v) is 5.26. The molecule has 0 spiro atoms. The van der Waals surface area contributed by atoms with Gasteiger partial charge in [-0.15, -0.1) is 0 Å². The van der Waals surface area contributed by atoms with Crippen molar-refractivity contribution in [3.63, 3.8) is 0 Å². The predicted molar refractivity (Wildman–Crippen MR) is 91.6 cm³/mol. The molecule has 5 nitrogen and oxygen atoms in total. The zero-order valence-corrected chi connectivity index (χ0v) is 14.2. The normalized spacial score (nSPS) is 18.9. The Balaban J connectivity index is 1.69. The van der Waals surface area contributed by atoms with Crippen LogP contribution in [0.4, 0.5) is 0 Å². The van der Waals surface area contributed by atoms with Gasteiger partial charge in [0.2, 0.25) is 11.8 Å².